The average Bonchev–Trinajstić information content (AvgIpc) is 2.92. The fourth-order valence-corrected chi connectivity index (χ4v) is 18.2. The zero-order valence-electron chi connectivity index (χ0n) is 26.0. The Morgan fingerprint density at radius 2 is 0.290 bits per heavy atom. The molecule has 0 spiro atoms. The van der Waals surface area contributed by atoms with Gasteiger partial charge >= 0.3 is 319 Å². The van der Waals surface area contributed by atoms with Gasteiger partial charge in [-0.15, -0.1) is 0 Å². The van der Waals surface area contributed by atoms with Crippen LogP contribution in [0, 0.1) is 0 Å². The van der Waals surface area contributed by atoms with Crippen molar-refractivity contribution in [2.75, 3.05) is 0 Å². The Labute approximate surface area is 319 Å². The summed E-state index contributed by atoms with van der Waals surface area (Å²) in [5.41, 5.74) is 0. The van der Waals surface area contributed by atoms with Gasteiger partial charge in [-0.2, -0.15) is 0 Å². The molecule has 0 aromatic heterocycles. The Morgan fingerprint density at radius 1 is 0.177 bits per heavy atom. The second-order valence-corrected chi connectivity index (χ2v) is 26.1. The monoisotopic (exact) mass is 1200 g/mol. The Hall–Kier alpha value is -1.43. The number of rotatable bonds is 12. The van der Waals surface area contributed by atoms with Crippen molar-refractivity contribution in [1.29, 1.82) is 0 Å². The van der Waals surface area contributed by atoms with Gasteiger partial charge in [-0.25, -0.2) is 0 Å². The summed E-state index contributed by atoms with van der Waals surface area (Å²) < 4.78 is 480. The van der Waals surface area contributed by atoms with Crippen molar-refractivity contribution in [2.45, 2.75) is 97.1 Å². The topological polar surface area (TPSA) is 0 Å². The fraction of sp³-hybridized carbons (Fsp3) is 1.00. The molecule has 44 heteroatoms. The zero-order valence-corrected chi connectivity index (χ0v) is 31.7. The standard InChI is InChI=1S/6C3F7.Ga.In/c6*4-1(5)2(6,7)3(8,9)10;;. The first kappa shape index (κ1) is 62.7. The van der Waals surface area contributed by atoms with Gasteiger partial charge in [-0.3, -0.25) is 0 Å². The molecule has 0 aliphatic rings. The number of alkyl halides is 42. The molecule has 0 saturated heterocycles. The van der Waals surface area contributed by atoms with Gasteiger partial charge in [0.2, 0.25) is 0 Å². The van der Waals surface area contributed by atoms with E-state index in [9.17, 15) is 184 Å². The first-order valence-electron chi connectivity index (χ1n) is 12.7. The van der Waals surface area contributed by atoms with Crippen molar-refractivity contribution in [2.24, 2.45) is 0 Å². The van der Waals surface area contributed by atoms with E-state index in [4.69, 9.17) is 0 Å². The van der Waals surface area contributed by atoms with Gasteiger partial charge in [0.1, 0.15) is 0 Å². The van der Waals surface area contributed by atoms with E-state index in [1.54, 1.807) is 0 Å². The normalized spacial score (nSPS) is 16.5. The van der Waals surface area contributed by atoms with E-state index in [1.807, 2.05) is 0 Å². The van der Waals surface area contributed by atoms with Crippen LogP contribution >= 0.6 is 0 Å². The van der Waals surface area contributed by atoms with Crippen molar-refractivity contribution in [3.05, 3.63) is 0 Å². The van der Waals surface area contributed by atoms with Gasteiger partial charge in [0.25, 0.3) is 0 Å². The number of hydrogen-bond donors (Lipinski definition) is 0. The van der Waals surface area contributed by atoms with Crippen molar-refractivity contribution in [1.82, 2.24) is 0 Å². The molecule has 0 aromatic carbocycles. The third kappa shape index (κ3) is 9.55. The van der Waals surface area contributed by atoms with Crippen molar-refractivity contribution >= 4 is 37.7 Å². The van der Waals surface area contributed by atoms with Crippen molar-refractivity contribution in [3.8, 4) is 0 Å². The molecule has 0 rings (SSSR count). The van der Waals surface area contributed by atoms with Crippen LogP contribution < -0.4 is 0 Å². The third-order valence-corrected chi connectivity index (χ3v) is 23.0. The molecule has 0 saturated carbocycles. The second-order valence-electron chi connectivity index (χ2n) is 11.0. The maximum atomic E-state index is 13.5. The quantitative estimate of drug-likeness (QED) is 0.135. The van der Waals surface area contributed by atoms with Gasteiger partial charge in [-0.05, 0) is 0 Å². The van der Waals surface area contributed by atoms with Gasteiger partial charge in [-0.1, -0.05) is 0 Å². The number of hydrogen-bond acceptors (Lipinski definition) is 0. The molecule has 0 N–H and O–H groups in total. The molecule has 0 nitrogen and oxygen atoms in total. The van der Waals surface area contributed by atoms with Crippen LogP contribution in [0.15, 0.2) is 0 Å². The van der Waals surface area contributed by atoms with Crippen LogP contribution in [0.1, 0.15) is 0 Å². The molecule has 0 aliphatic heterocycles. The summed E-state index contributed by atoms with van der Waals surface area (Å²) in [7, 11) is 0. The molecule has 0 bridgehead atoms. The minimum atomic E-state index is -11.0. The molecule has 0 atom stereocenters. The van der Waals surface area contributed by atoms with Gasteiger partial charge in [0.15, 0.2) is 0 Å². The second kappa shape index (κ2) is 16.1. The predicted molar refractivity (Wildman–Crippen MR) is 107 cm³/mol. The first-order chi connectivity index (χ1) is 25.7. The van der Waals surface area contributed by atoms with Gasteiger partial charge in [0.05, 0.1) is 0 Å². The van der Waals surface area contributed by atoms with Crippen molar-refractivity contribution in [3.63, 3.8) is 0 Å². The summed E-state index contributed by atoms with van der Waals surface area (Å²) in [5, 5.41) is 0. The molecular formula is C18F42GaIn. The molecular weight excluding hydrogens is 1200 g/mol. The molecule has 0 aliphatic carbocycles. The molecule has 0 radical (unpaired) electrons. The van der Waals surface area contributed by atoms with Crippen LogP contribution in [0.4, 0.5) is 184 Å². The van der Waals surface area contributed by atoms with Gasteiger partial charge < -0.3 is 0 Å². The summed E-state index contributed by atoms with van der Waals surface area (Å²) in [6.07, 6.45) is -48.3. The molecule has 62 heavy (non-hydrogen) atoms. The predicted octanol–water partition coefficient (Wildman–Crippen LogP) is 13.2. The summed E-state index contributed by atoms with van der Waals surface area (Å²) in [5.74, 6) is -50.7. The Kier molecular flexibility index (Phi) is 16.3. The van der Waals surface area contributed by atoms with E-state index in [0.29, 0.717) is 0 Å². The van der Waals surface area contributed by atoms with Crippen LogP contribution in [0.3, 0.4) is 0 Å². The van der Waals surface area contributed by atoms with E-state index < -0.39 is 135 Å². The first-order valence-corrected chi connectivity index (χ1v) is 21.2. The van der Waals surface area contributed by atoms with Crippen LogP contribution in [0.2, 0.25) is 0 Å². The van der Waals surface area contributed by atoms with E-state index in [1.165, 1.54) is 0 Å². The fourth-order valence-electron chi connectivity index (χ4n) is 3.59. The number of halogens is 42. The Morgan fingerprint density at radius 3 is 0.387 bits per heavy atom. The third-order valence-electron chi connectivity index (χ3n) is 6.82. The minimum absolute atomic E-state index is 8.04. The molecule has 0 amide bonds. The summed E-state index contributed by atoms with van der Waals surface area (Å²) in [6.45, 7) is 0. The maximum absolute atomic E-state index is 13.5. The molecule has 0 aromatic rings. The van der Waals surface area contributed by atoms with Crippen LogP contribution in [0.5, 0.6) is 0 Å². The zero-order chi connectivity index (χ0) is 52.2. The van der Waals surface area contributed by atoms with Gasteiger partial charge in [0, 0.05) is 0 Å². The van der Waals surface area contributed by atoms with Crippen LogP contribution in [-0.2, 0) is 0 Å². The van der Waals surface area contributed by atoms with E-state index in [-0.39, 0.29) is 0 Å². The van der Waals surface area contributed by atoms with E-state index in [0.717, 1.165) is 0 Å². The molecule has 0 unspecified atom stereocenters. The Balaban J connectivity index is 0. The van der Waals surface area contributed by atoms with E-state index in [2.05, 4.69) is 0 Å². The van der Waals surface area contributed by atoms with E-state index >= 15 is 0 Å². The summed E-state index contributed by atoms with van der Waals surface area (Å²) in [6, 6.07) is 0. The summed E-state index contributed by atoms with van der Waals surface area (Å²) in [4.78, 5) is 0. The molecule has 0 fully saturated rings. The molecule has 0 heterocycles. The van der Waals surface area contributed by atoms with Crippen LogP contribution in [-0.4, -0.2) is 135 Å². The van der Waals surface area contributed by atoms with Crippen molar-refractivity contribution < 1.29 is 184 Å². The average molecular weight is 1200 g/mol. The van der Waals surface area contributed by atoms with Crippen LogP contribution in [0.25, 0.3) is 0 Å². The Bertz CT molecular complexity index is 1230. The molecule has 372 valence electrons. The SMILES string of the molecule is FC(F)(F)C(F)(F)[C](F)(F)[Ga]([C](F)(F)C(F)(F)C(F)(F)F)[C](F)(F)C(F)(F)C(F)(F)F.FC(F)(F)C(F)(F)[C](F)(F)[In]([C](F)(F)C(F)(F)C(F)(F)F)[C](F)(F)C(F)(F)C(F)(F)F. The summed E-state index contributed by atoms with van der Waals surface area (Å²) >= 11 is -21.6.